The van der Waals surface area contributed by atoms with Crippen molar-refractivity contribution in [2.45, 2.75) is 17.4 Å². The average molecular weight is 353 g/mol. The van der Waals surface area contributed by atoms with Crippen LogP contribution in [0.1, 0.15) is 6.42 Å². The van der Waals surface area contributed by atoms with Crippen LogP contribution in [-0.4, -0.2) is 49.0 Å². The topological polar surface area (TPSA) is 81.6 Å². The first-order valence-corrected chi connectivity index (χ1v) is 8.72. The van der Waals surface area contributed by atoms with Crippen molar-refractivity contribution in [1.82, 2.24) is 14.3 Å². The molecule has 1 aliphatic heterocycles. The fourth-order valence-electron chi connectivity index (χ4n) is 2.46. The van der Waals surface area contributed by atoms with E-state index in [2.05, 4.69) is 9.97 Å². The largest absolute Gasteiger partial charge is 0.477 e. The Bertz CT molecular complexity index is 814. The first kappa shape index (κ1) is 16.6. The number of hydrogen-bond acceptors (Lipinski definition) is 6. The van der Waals surface area contributed by atoms with E-state index in [4.69, 9.17) is 9.47 Å². The Hall–Kier alpha value is -2.26. The van der Waals surface area contributed by atoms with E-state index in [9.17, 15) is 12.8 Å². The van der Waals surface area contributed by atoms with E-state index in [1.165, 1.54) is 35.9 Å². The molecule has 0 amide bonds. The number of benzene rings is 1. The molecule has 1 aromatic heterocycles. The highest BCUT2D eigenvalue weighted by molar-refractivity contribution is 7.89. The van der Waals surface area contributed by atoms with Crippen molar-refractivity contribution in [1.29, 1.82) is 0 Å². The van der Waals surface area contributed by atoms with Gasteiger partial charge in [0.2, 0.25) is 10.0 Å². The summed E-state index contributed by atoms with van der Waals surface area (Å²) < 4.78 is 50.2. The lowest BCUT2D eigenvalue weighted by Crippen LogP contribution is -2.31. The van der Waals surface area contributed by atoms with Crippen molar-refractivity contribution in [3.05, 3.63) is 42.5 Å². The smallest absolute Gasteiger partial charge is 0.278 e. The van der Waals surface area contributed by atoms with Crippen molar-refractivity contribution < 1.29 is 22.3 Å². The van der Waals surface area contributed by atoms with Gasteiger partial charge in [0.25, 0.3) is 11.8 Å². The van der Waals surface area contributed by atoms with E-state index in [1.807, 2.05) is 0 Å². The molecular formula is C15H16FN3O4S. The molecule has 0 bridgehead atoms. The molecule has 3 rings (SSSR count). The second kappa shape index (κ2) is 6.70. The van der Waals surface area contributed by atoms with Gasteiger partial charge in [-0.25, -0.2) is 22.8 Å². The van der Waals surface area contributed by atoms with Crippen LogP contribution in [-0.2, 0) is 10.0 Å². The zero-order chi connectivity index (χ0) is 17.2. The van der Waals surface area contributed by atoms with Gasteiger partial charge in [0.05, 0.1) is 18.6 Å². The first-order chi connectivity index (χ1) is 11.5. The van der Waals surface area contributed by atoms with Crippen LogP contribution >= 0.6 is 0 Å². The molecule has 9 heteroatoms. The summed E-state index contributed by atoms with van der Waals surface area (Å²) in [5.41, 5.74) is 0. The molecule has 0 spiro atoms. The van der Waals surface area contributed by atoms with Crippen LogP contribution in [0.2, 0.25) is 0 Å². The number of ether oxygens (including phenoxy) is 2. The summed E-state index contributed by atoms with van der Waals surface area (Å²) in [6.07, 6.45) is 3.11. The van der Waals surface area contributed by atoms with E-state index in [-0.39, 0.29) is 29.3 Å². The maximum Gasteiger partial charge on any atom is 0.278 e. The van der Waals surface area contributed by atoms with Crippen LogP contribution in [0.25, 0.3) is 0 Å². The fourth-order valence-corrected chi connectivity index (χ4v) is 3.95. The van der Waals surface area contributed by atoms with Crippen LogP contribution in [0.5, 0.6) is 11.8 Å². The monoisotopic (exact) mass is 353 g/mol. The number of aromatic nitrogens is 2. The number of halogens is 1. The Kier molecular flexibility index (Phi) is 4.63. The first-order valence-electron chi connectivity index (χ1n) is 7.28. The van der Waals surface area contributed by atoms with Crippen LogP contribution < -0.4 is 9.47 Å². The standard InChI is InChI=1S/C15H16FN3O4S/c1-22-14-15(18-8-7-17-14)23-12-6-9-19(10-12)24(20,21)13-4-2-11(16)3-5-13/h2-5,7-8,12H,6,9-10H2,1H3. The van der Waals surface area contributed by atoms with Crippen LogP contribution in [0.4, 0.5) is 4.39 Å². The maximum atomic E-state index is 13.0. The summed E-state index contributed by atoms with van der Waals surface area (Å²) in [4.78, 5) is 8.09. The van der Waals surface area contributed by atoms with Gasteiger partial charge >= 0.3 is 0 Å². The maximum absolute atomic E-state index is 13.0. The van der Waals surface area contributed by atoms with Crippen LogP contribution in [0.3, 0.4) is 0 Å². The molecule has 1 fully saturated rings. The molecule has 128 valence electrons. The van der Waals surface area contributed by atoms with Crippen molar-refractivity contribution in [3.8, 4) is 11.8 Å². The van der Waals surface area contributed by atoms with Gasteiger partial charge in [-0.2, -0.15) is 4.31 Å². The number of rotatable bonds is 5. The molecule has 1 atom stereocenters. The number of hydrogen-bond donors (Lipinski definition) is 0. The second-order valence-electron chi connectivity index (χ2n) is 5.22. The molecule has 1 aliphatic rings. The summed E-state index contributed by atoms with van der Waals surface area (Å²) in [5, 5.41) is 0. The van der Waals surface area contributed by atoms with Gasteiger partial charge < -0.3 is 9.47 Å². The Balaban J connectivity index is 1.72. The Labute approximate surface area is 139 Å². The van der Waals surface area contributed by atoms with E-state index < -0.39 is 15.8 Å². The van der Waals surface area contributed by atoms with Gasteiger partial charge in [0.15, 0.2) is 0 Å². The fraction of sp³-hybridized carbons (Fsp3) is 0.333. The van der Waals surface area contributed by atoms with Gasteiger partial charge in [0.1, 0.15) is 11.9 Å². The van der Waals surface area contributed by atoms with Gasteiger partial charge in [-0.1, -0.05) is 0 Å². The highest BCUT2D eigenvalue weighted by atomic mass is 32.2. The molecule has 0 aliphatic carbocycles. The van der Waals surface area contributed by atoms with E-state index in [1.54, 1.807) is 0 Å². The van der Waals surface area contributed by atoms with Crippen molar-refractivity contribution >= 4 is 10.0 Å². The normalized spacial score (nSPS) is 18.5. The van der Waals surface area contributed by atoms with Crippen molar-refractivity contribution in [3.63, 3.8) is 0 Å². The zero-order valence-corrected chi connectivity index (χ0v) is 13.7. The molecule has 2 heterocycles. The predicted molar refractivity (Wildman–Crippen MR) is 82.8 cm³/mol. The van der Waals surface area contributed by atoms with Crippen molar-refractivity contribution in [2.24, 2.45) is 0 Å². The van der Waals surface area contributed by atoms with Gasteiger partial charge in [-0.15, -0.1) is 0 Å². The number of sulfonamides is 1. The van der Waals surface area contributed by atoms with Crippen LogP contribution in [0.15, 0.2) is 41.6 Å². The summed E-state index contributed by atoms with van der Waals surface area (Å²) in [5.74, 6) is -0.00491. The summed E-state index contributed by atoms with van der Waals surface area (Å²) in [7, 11) is -2.22. The molecule has 1 aromatic carbocycles. The number of nitrogens with zero attached hydrogens (tertiary/aromatic N) is 3. The lowest BCUT2D eigenvalue weighted by Gasteiger charge is -2.17. The van der Waals surface area contributed by atoms with Gasteiger partial charge in [0, 0.05) is 18.9 Å². The molecule has 2 aromatic rings. The highest BCUT2D eigenvalue weighted by Crippen LogP contribution is 2.26. The molecule has 7 nitrogen and oxygen atoms in total. The summed E-state index contributed by atoms with van der Waals surface area (Å²) in [6, 6.07) is 4.76. The SMILES string of the molecule is COc1nccnc1OC1CCN(S(=O)(=O)c2ccc(F)cc2)C1. The summed E-state index contributed by atoms with van der Waals surface area (Å²) >= 11 is 0. The summed E-state index contributed by atoms with van der Waals surface area (Å²) in [6.45, 7) is 0.492. The third kappa shape index (κ3) is 3.31. The van der Waals surface area contributed by atoms with Crippen LogP contribution in [0, 0.1) is 5.82 Å². The molecular weight excluding hydrogens is 337 g/mol. The van der Waals surface area contributed by atoms with Gasteiger partial charge in [-0.3, -0.25) is 0 Å². The minimum atomic E-state index is -3.68. The second-order valence-corrected chi connectivity index (χ2v) is 7.15. The Morgan fingerprint density at radius 3 is 2.50 bits per heavy atom. The molecule has 0 N–H and O–H groups in total. The predicted octanol–water partition coefficient (Wildman–Crippen LogP) is 1.47. The highest BCUT2D eigenvalue weighted by Gasteiger charge is 2.34. The quantitative estimate of drug-likeness (QED) is 0.810. The molecule has 24 heavy (non-hydrogen) atoms. The number of methoxy groups -OCH3 is 1. The Morgan fingerprint density at radius 2 is 1.83 bits per heavy atom. The molecule has 1 saturated heterocycles. The van der Waals surface area contributed by atoms with Crippen molar-refractivity contribution in [2.75, 3.05) is 20.2 Å². The van der Waals surface area contributed by atoms with Gasteiger partial charge in [-0.05, 0) is 30.7 Å². The third-order valence-electron chi connectivity index (χ3n) is 3.66. The molecule has 0 saturated carbocycles. The minimum absolute atomic E-state index is 0.0571. The lowest BCUT2D eigenvalue weighted by molar-refractivity contribution is 0.194. The zero-order valence-electron chi connectivity index (χ0n) is 12.9. The molecule has 1 unspecified atom stereocenters. The third-order valence-corrected chi connectivity index (χ3v) is 5.54. The molecule has 0 radical (unpaired) electrons. The average Bonchev–Trinajstić information content (AvgIpc) is 3.05. The Morgan fingerprint density at radius 1 is 1.17 bits per heavy atom. The lowest BCUT2D eigenvalue weighted by atomic mass is 10.3. The minimum Gasteiger partial charge on any atom is -0.477 e. The van der Waals surface area contributed by atoms with E-state index in [0.29, 0.717) is 13.0 Å². The van der Waals surface area contributed by atoms with E-state index >= 15 is 0 Å². The van der Waals surface area contributed by atoms with E-state index in [0.717, 1.165) is 12.1 Å².